The smallest absolute Gasteiger partial charge is 0.130 e. The molecule has 0 aliphatic carbocycles. The van der Waals surface area contributed by atoms with Gasteiger partial charge in [-0.3, -0.25) is 0 Å². The third-order valence-electron chi connectivity index (χ3n) is 3.03. The van der Waals surface area contributed by atoms with Gasteiger partial charge in [0.15, 0.2) is 0 Å². The van der Waals surface area contributed by atoms with Gasteiger partial charge in [-0.1, -0.05) is 22.9 Å². The van der Waals surface area contributed by atoms with Crippen molar-refractivity contribution in [2.24, 2.45) is 0 Å². The van der Waals surface area contributed by atoms with E-state index < -0.39 is 0 Å². The van der Waals surface area contributed by atoms with Gasteiger partial charge in [-0.15, -0.1) is 0 Å². The monoisotopic (exact) mass is 325 g/mol. The van der Waals surface area contributed by atoms with Crippen LogP contribution in [0.4, 0.5) is 4.39 Å². The molecule has 1 N–H and O–H groups in total. The lowest BCUT2D eigenvalue weighted by molar-refractivity contribution is 0.533. The van der Waals surface area contributed by atoms with Crippen LogP contribution in [0.15, 0.2) is 35.1 Å². The summed E-state index contributed by atoms with van der Waals surface area (Å²) in [5.74, 6) is 0.606. The van der Waals surface area contributed by atoms with Gasteiger partial charge in [0.2, 0.25) is 0 Å². The maximum absolute atomic E-state index is 14.0. The number of imidazole rings is 1. The Labute approximate surface area is 121 Å². The number of nitrogens with one attached hydrogen (secondary N) is 1. The van der Waals surface area contributed by atoms with Gasteiger partial charge in [0, 0.05) is 29.0 Å². The van der Waals surface area contributed by atoms with Crippen LogP contribution in [0.1, 0.15) is 30.8 Å². The van der Waals surface area contributed by atoms with Crippen molar-refractivity contribution in [3.8, 4) is 0 Å². The summed E-state index contributed by atoms with van der Waals surface area (Å²) in [5.41, 5.74) is 0.598. The van der Waals surface area contributed by atoms with Crippen molar-refractivity contribution < 1.29 is 4.39 Å². The molecule has 102 valence electrons. The standard InChI is InChI=1S/C14H17BrFN3/c1-3-7-19-8-6-18-14(19)13(17-2)11-9-10(15)4-5-12(11)16/h4-6,8-9,13,17H,3,7H2,1-2H3. The van der Waals surface area contributed by atoms with E-state index in [1.54, 1.807) is 18.3 Å². The second-order valence-corrected chi connectivity index (χ2v) is 5.28. The highest BCUT2D eigenvalue weighted by Crippen LogP contribution is 2.26. The van der Waals surface area contributed by atoms with Gasteiger partial charge >= 0.3 is 0 Å². The summed E-state index contributed by atoms with van der Waals surface area (Å²) in [4.78, 5) is 4.37. The number of rotatable bonds is 5. The molecule has 1 aromatic carbocycles. The van der Waals surface area contributed by atoms with E-state index in [9.17, 15) is 4.39 Å². The number of hydrogen-bond donors (Lipinski definition) is 1. The molecule has 2 aromatic rings. The molecule has 0 bridgehead atoms. The molecule has 1 heterocycles. The second kappa shape index (κ2) is 6.30. The fourth-order valence-electron chi connectivity index (χ4n) is 2.17. The zero-order valence-corrected chi connectivity index (χ0v) is 12.6. The SMILES string of the molecule is CCCn1ccnc1C(NC)c1cc(Br)ccc1F. The highest BCUT2D eigenvalue weighted by atomic mass is 79.9. The fraction of sp³-hybridized carbons (Fsp3) is 0.357. The van der Waals surface area contributed by atoms with Crippen LogP contribution in [0.5, 0.6) is 0 Å². The van der Waals surface area contributed by atoms with E-state index >= 15 is 0 Å². The first-order valence-electron chi connectivity index (χ1n) is 6.30. The predicted molar refractivity (Wildman–Crippen MR) is 77.5 cm³/mol. The van der Waals surface area contributed by atoms with Gasteiger partial charge in [-0.25, -0.2) is 9.37 Å². The first-order chi connectivity index (χ1) is 9.17. The number of benzene rings is 1. The molecular formula is C14H17BrFN3. The van der Waals surface area contributed by atoms with E-state index in [2.05, 4.69) is 37.7 Å². The molecular weight excluding hydrogens is 309 g/mol. The molecule has 19 heavy (non-hydrogen) atoms. The highest BCUT2D eigenvalue weighted by molar-refractivity contribution is 9.10. The molecule has 1 atom stereocenters. The van der Waals surface area contributed by atoms with Crippen LogP contribution in [0.2, 0.25) is 0 Å². The topological polar surface area (TPSA) is 29.9 Å². The van der Waals surface area contributed by atoms with Gasteiger partial charge in [-0.05, 0) is 31.7 Å². The summed E-state index contributed by atoms with van der Waals surface area (Å²) in [6, 6.07) is 4.71. The lowest BCUT2D eigenvalue weighted by Gasteiger charge is -2.18. The number of aryl methyl sites for hydroxylation is 1. The number of nitrogens with zero attached hydrogens (tertiary/aromatic N) is 2. The largest absolute Gasteiger partial charge is 0.333 e. The molecule has 3 nitrogen and oxygen atoms in total. The van der Waals surface area contributed by atoms with Crippen molar-refractivity contribution in [3.63, 3.8) is 0 Å². The van der Waals surface area contributed by atoms with E-state index in [1.165, 1.54) is 6.07 Å². The third kappa shape index (κ3) is 3.04. The lowest BCUT2D eigenvalue weighted by atomic mass is 10.1. The third-order valence-corrected chi connectivity index (χ3v) is 3.52. The highest BCUT2D eigenvalue weighted by Gasteiger charge is 2.20. The molecule has 0 radical (unpaired) electrons. The first kappa shape index (κ1) is 14.2. The summed E-state index contributed by atoms with van der Waals surface area (Å²) in [5, 5.41) is 3.14. The summed E-state index contributed by atoms with van der Waals surface area (Å²) < 4.78 is 16.9. The Balaban J connectivity index is 2.44. The predicted octanol–water partition coefficient (Wildman–Crippen LogP) is 3.50. The Bertz CT molecular complexity index is 553. The summed E-state index contributed by atoms with van der Waals surface area (Å²) in [6.07, 6.45) is 4.70. The molecule has 0 aliphatic heterocycles. The zero-order chi connectivity index (χ0) is 13.8. The van der Waals surface area contributed by atoms with Crippen molar-refractivity contribution in [1.82, 2.24) is 14.9 Å². The lowest BCUT2D eigenvalue weighted by Crippen LogP contribution is -2.23. The minimum Gasteiger partial charge on any atom is -0.333 e. The van der Waals surface area contributed by atoms with E-state index in [-0.39, 0.29) is 11.9 Å². The van der Waals surface area contributed by atoms with Gasteiger partial charge < -0.3 is 9.88 Å². The van der Waals surface area contributed by atoms with E-state index in [0.717, 1.165) is 23.3 Å². The first-order valence-corrected chi connectivity index (χ1v) is 7.10. The molecule has 2 rings (SSSR count). The van der Waals surface area contributed by atoms with Gasteiger partial charge in [0.25, 0.3) is 0 Å². The summed E-state index contributed by atoms with van der Waals surface area (Å²) in [7, 11) is 1.82. The maximum atomic E-state index is 14.0. The van der Waals surface area contributed by atoms with Gasteiger partial charge in [0.1, 0.15) is 11.6 Å². The van der Waals surface area contributed by atoms with E-state index in [1.807, 2.05) is 13.2 Å². The molecule has 0 spiro atoms. The quantitative estimate of drug-likeness (QED) is 0.911. The van der Waals surface area contributed by atoms with Crippen LogP contribution in [0.25, 0.3) is 0 Å². The van der Waals surface area contributed by atoms with Gasteiger partial charge in [0.05, 0.1) is 6.04 Å². The maximum Gasteiger partial charge on any atom is 0.130 e. The Morgan fingerprint density at radius 3 is 2.95 bits per heavy atom. The Kier molecular flexibility index (Phi) is 4.71. The van der Waals surface area contributed by atoms with Crippen LogP contribution in [0, 0.1) is 5.82 Å². The minimum absolute atomic E-state index is 0.228. The van der Waals surface area contributed by atoms with E-state index in [0.29, 0.717) is 5.56 Å². The second-order valence-electron chi connectivity index (χ2n) is 4.37. The number of halogens is 2. The van der Waals surface area contributed by atoms with Crippen molar-refractivity contribution in [1.29, 1.82) is 0 Å². The molecule has 1 unspecified atom stereocenters. The van der Waals surface area contributed by atoms with Crippen molar-refractivity contribution in [2.75, 3.05) is 7.05 Å². The van der Waals surface area contributed by atoms with Crippen molar-refractivity contribution in [2.45, 2.75) is 25.9 Å². The summed E-state index contributed by atoms with van der Waals surface area (Å²) in [6.45, 7) is 2.99. The number of aromatic nitrogens is 2. The molecule has 0 fully saturated rings. The van der Waals surface area contributed by atoms with Crippen LogP contribution >= 0.6 is 15.9 Å². The average Bonchev–Trinajstić information content (AvgIpc) is 2.83. The summed E-state index contributed by atoms with van der Waals surface area (Å²) >= 11 is 3.38. The van der Waals surface area contributed by atoms with E-state index in [4.69, 9.17) is 0 Å². The van der Waals surface area contributed by atoms with Gasteiger partial charge in [-0.2, -0.15) is 0 Å². The van der Waals surface area contributed by atoms with Crippen molar-refractivity contribution in [3.05, 3.63) is 52.3 Å². The van der Waals surface area contributed by atoms with Crippen LogP contribution in [-0.2, 0) is 6.54 Å². The molecule has 5 heteroatoms. The van der Waals surface area contributed by atoms with Crippen LogP contribution < -0.4 is 5.32 Å². The number of hydrogen-bond acceptors (Lipinski definition) is 2. The molecule has 0 aliphatic rings. The molecule has 0 saturated heterocycles. The van der Waals surface area contributed by atoms with Crippen molar-refractivity contribution >= 4 is 15.9 Å². The minimum atomic E-state index is -0.251. The Hall–Kier alpha value is -1.20. The van der Waals surface area contributed by atoms with Crippen LogP contribution in [-0.4, -0.2) is 16.6 Å². The molecule has 0 saturated carbocycles. The normalized spacial score (nSPS) is 12.6. The zero-order valence-electron chi connectivity index (χ0n) is 11.0. The molecule has 0 amide bonds. The Morgan fingerprint density at radius 2 is 2.26 bits per heavy atom. The molecule has 1 aromatic heterocycles. The average molecular weight is 326 g/mol. The Morgan fingerprint density at radius 1 is 1.47 bits per heavy atom. The van der Waals surface area contributed by atoms with Crippen LogP contribution in [0.3, 0.4) is 0 Å². The fourth-order valence-corrected chi connectivity index (χ4v) is 2.55.